The number of amidine groups is 1. The van der Waals surface area contributed by atoms with E-state index in [-0.39, 0.29) is 5.82 Å². The molecule has 0 saturated carbocycles. The number of para-hydroxylation sites is 1. The van der Waals surface area contributed by atoms with Gasteiger partial charge < -0.3 is 10.5 Å². The molecule has 1 heterocycles. The van der Waals surface area contributed by atoms with Crippen molar-refractivity contribution >= 4 is 21.8 Å². The van der Waals surface area contributed by atoms with Crippen LogP contribution < -0.4 is 10.5 Å². The van der Waals surface area contributed by atoms with Crippen molar-refractivity contribution in [3.8, 4) is 5.75 Å². The van der Waals surface area contributed by atoms with Gasteiger partial charge in [-0.15, -0.1) is 0 Å². The molecule has 0 radical (unpaired) electrons. The molecule has 1 atom stereocenters. The lowest BCUT2D eigenvalue weighted by Crippen LogP contribution is -2.26. The summed E-state index contributed by atoms with van der Waals surface area (Å²) in [6.45, 7) is 0. The Labute approximate surface area is 159 Å². The molecule has 5 heteroatoms. The van der Waals surface area contributed by atoms with E-state index in [2.05, 4.69) is 15.9 Å². The molecule has 0 amide bonds. The van der Waals surface area contributed by atoms with Gasteiger partial charge in [-0.2, -0.15) is 0 Å². The van der Waals surface area contributed by atoms with E-state index >= 15 is 0 Å². The average Bonchev–Trinajstić information content (AvgIpc) is 2.98. The summed E-state index contributed by atoms with van der Waals surface area (Å²) in [7, 11) is 1.63. The third-order valence-electron chi connectivity index (χ3n) is 4.72. The van der Waals surface area contributed by atoms with E-state index in [1.54, 1.807) is 19.2 Å². The number of nitrogens with two attached hydrogens (primary N) is 1. The Morgan fingerprint density at radius 1 is 1.00 bits per heavy atom. The highest BCUT2D eigenvalue weighted by Crippen LogP contribution is 2.49. The summed E-state index contributed by atoms with van der Waals surface area (Å²) in [4.78, 5) is 4.88. The fourth-order valence-corrected chi connectivity index (χ4v) is 3.95. The lowest BCUT2D eigenvalue weighted by Gasteiger charge is -2.30. The second-order valence-corrected chi connectivity index (χ2v) is 6.94. The van der Waals surface area contributed by atoms with Gasteiger partial charge in [0.15, 0.2) is 0 Å². The number of hydrogen-bond donors (Lipinski definition) is 1. The van der Waals surface area contributed by atoms with E-state index in [4.69, 9.17) is 15.5 Å². The van der Waals surface area contributed by atoms with Gasteiger partial charge in [0.1, 0.15) is 22.9 Å². The zero-order valence-electron chi connectivity index (χ0n) is 14.0. The van der Waals surface area contributed by atoms with Gasteiger partial charge in [-0.3, -0.25) is 0 Å². The molecule has 0 aliphatic carbocycles. The smallest absolute Gasteiger partial charge is 0.142 e. The van der Waals surface area contributed by atoms with Gasteiger partial charge in [0.2, 0.25) is 0 Å². The maximum absolute atomic E-state index is 13.9. The number of aliphatic imine (C=N–C) groups is 1. The van der Waals surface area contributed by atoms with E-state index in [0.29, 0.717) is 16.1 Å². The Kier molecular flexibility index (Phi) is 4.04. The molecule has 0 saturated heterocycles. The van der Waals surface area contributed by atoms with Crippen LogP contribution in [-0.2, 0) is 5.54 Å². The van der Waals surface area contributed by atoms with Crippen molar-refractivity contribution in [1.82, 2.24) is 0 Å². The molecule has 26 heavy (non-hydrogen) atoms. The molecule has 1 aliphatic rings. The van der Waals surface area contributed by atoms with Crippen LogP contribution in [0.3, 0.4) is 0 Å². The van der Waals surface area contributed by atoms with Crippen LogP contribution in [0, 0.1) is 5.82 Å². The molecular weight excluding hydrogens is 395 g/mol. The van der Waals surface area contributed by atoms with E-state index in [1.807, 2.05) is 48.5 Å². The zero-order chi connectivity index (χ0) is 18.3. The van der Waals surface area contributed by atoms with Crippen molar-refractivity contribution in [2.24, 2.45) is 10.7 Å². The lowest BCUT2D eigenvalue weighted by atomic mass is 9.77. The van der Waals surface area contributed by atoms with Gasteiger partial charge in [-0.1, -0.05) is 48.5 Å². The monoisotopic (exact) mass is 410 g/mol. The molecule has 0 bridgehead atoms. The number of rotatable bonds is 3. The summed E-state index contributed by atoms with van der Waals surface area (Å²) < 4.78 is 19.9. The van der Waals surface area contributed by atoms with Gasteiger partial charge in [0, 0.05) is 11.1 Å². The Morgan fingerprint density at radius 2 is 1.69 bits per heavy atom. The summed E-state index contributed by atoms with van der Waals surface area (Å²) in [6.07, 6.45) is 0. The fraction of sp³-hybridized carbons (Fsp3) is 0.0952. The predicted octanol–water partition coefficient (Wildman–Crippen LogP) is 4.61. The SMILES string of the molecule is COc1ccccc1C1(c2ccc(F)c(Br)c2)N=C(N)c2ccccc21. The number of ether oxygens (including phenoxy) is 1. The van der Waals surface area contributed by atoms with E-state index < -0.39 is 5.54 Å². The van der Waals surface area contributed by atoms with Gasteiger partial charge in [0.25, 0.3) is 0 Å². The van der Waals surface area contributed by atoms with Crippen LogP contribution in [0.5, 0.6) is 5.75 Å². The van der Waals surface area contributed by atoms with Crippen molar-refractivity contribution in [3.63, 3.8) is 0 Å². The van der Waals surface area contributed by atoms with E-state index in [0.717, 1.165) is 22.3 Å². The molecule has 3 aromatic rings. The Balaban J connectivity index is 2.11. The van der Waals surface area contributed by atoms with E-state index in [1.165, 1.54) is 6.07 Å². The van der Waals surface area contributed by atoms with Crippen LogP contribution in [0.2, 0.25) is 0 Å². The second kappa shape index (κ2) is 6.25. The normalized spacial score (nSPS) is 18.3. The number of methoxy groups -OCH3 is 1. The first kappa shape index (κ1) is 16.8. The third-order valence-corrected chi connectivity index (χ3v) is 5.32. The quantitative estimate of drug-likeness (QED) is 0.685. The molecule has 4 rings (SSSR count). The summed E-state index contributed by atoms with van der Waals surface area (Å²) in [5.41, 5.74) is 8.86. The van der Waals surface area contributed by atoms with Crippen LogP contribution in [-0.4, -0.2) is 12.9 Å². The average molecular weight is 411 g/mol. The lowest BCUT2D eigenvalue weighted by molar-refractivity contribution is 0.402. The first-order chi connectivity index (χ1) is 12.6. The molecule has 1 unspecified atom stereocenters. The number of hydrogen-bond acceptors (Lipinski definition) is 3. The fourth-order valence-electron chi connectivity index (χ4n) is 3.57. The van der Waals surface area contributed by atoms with Gasteiger partial charge in [0.05, 0.1) is 11.6 Å². The minimum atomic E-state index is -0.899. The molecule has 0 aromatic heterocycles. The molecule has 0 spiro atoms. The van der Waals surface area contributed by atoms with Crippen molar-refractivity contribution in [2.75, 3.05) is 7.11 Å². The Bertz CT molecular complexity index is 1030. The van der Waals surface area contributed by atoms with Gasteiger partial charge >= 0.3 is 0 Å². The number of fused-ring (bicyclic) bond motifs is 1. The highest BCUT2D eigenvalue weighted by Gasteiger charge is 2.44. The molecule has 3 nitrogen and oxygen atoms in total. The van der Waals surface area contributed by atoms with Crippen molar-refractivity contribution in [1.29, 1.82) is 0 Å². The summed E-state index contributed by atoms with van der Waals surface area (Å²) in [6, 6.07) is 20.5. The van der Waals surface area contributed by atoms with Gasteiger partial charge in [-0.05, 0) is 45.3 Å². The number of halogens is 2. The summed E-state index contributed by atoms with van der Waals surface area (Å²) in [5.74, 6) is 0.820. The third kappa shape index (κ3) is 2.35. The van der Waals surface area contributed by atoms with Crippen LogP contribution in [0.15, 0.2) is 76.2 Å². The number of benzene rings is 3. The Hall–Kier alpha value is -2.66. The topological polar surface area (TPSA) is 47.6 Å². The zero-order valence-corrected chi connectivity index (χ0v) is 15.6. The first-order valence-electron chi connectivity index (χ1n) is 8.12. The minimum Gasteiger partial charge on any atom is -0.496 e. The van der Waals surface area contributed by atoms with Gasteiger partial charge in [-0.25, -0.2) is 9.38 Å². The maximum Gasteiger partial charge on any atom is 0.142 e. The van der Waals surface area contributed by atoms with E-state index in [9.17, 15) is 4.39 Å². The molecule has 1 aliphatic heterocycles. The predicted molar refractivity (Wildman–Crippen MR) is 104 cm³/mol. The highest BCUT2D eigenvalue weighted by atomic mass is 79.9. The molecular formula is C21H16BrFN2O. The van der Waals surface area contributed by atoms with Crippen LogP contribution in [0.1, 0.15) is 22.3 Å². The van der Waals surface area contributed by atoms with Crippen LogP contribution >= 0.6 is 15.9 Å². The van der Waals surface area contributed by atoms with Crippen molar-refractivity contribution < 1.29 is 9.13 Å². The maximum atomic E-state index is 13.9. The largest absolute Gasteiger partial charge is 0.496 e. The second-order valence-electron chi connectivity index (χ2n) is 6.08. The summed E-state index contributed by atoms with van der Waals surface area (Å²) in [5, 5.41) is 0. The highest BCUT2D eigenvalue weighted by molar-refractivity contribution is 9.10. The molecule has 3 aromatic carbocycles. The molecule has 130 valence electrons. The van der Waals surface area contributed by atoms with Crippen molar-refractivity contribution in [2.45, 2.75) is 5.54 Å². The standard InChI is InChI=1S/C21H16BrFN2O/c1-26-19-9-5-4-8-16(19)21(13-10-11-18(23)17(22)12-13)15-7-3-2-6-14(15)20(24)25-21/h2-12H,1H3,(H2,24,25). The Morgan fingerprint density at radius 3 is 2.42 bits per heavy atom. The first-order valence-corrected chi connectivity index (χ1v) is 8.91. The minimum absolute atomic E-state index is 0.327. The van der Waals surface area contributed by atoms with Crippen LogP contribution in [0.25, 0.3) is 0 Å². The van der Waals surface area contributed by atoms with Crippen molar-refractivity contribution in [3.05, 3.63) is 99.3 Å². The molecule has 2 N–H and O–H groups in total. The number of nitrogens with zero attached hydrogens (tertiary/aromatic N) is 1. The summed E-state index contributed by atoms with van der Waals surface area (Å²) >= 11 is 3.29. The molecule has 0 fully saturated rings. The van der Waals surface area contributed by atoms with Crippen LogP contribution in [0.4, 0.5) is 4.39 Å².